The molecule has 0 radical (unpaired) electrons. The molecule has 1 heterocycles. The van der Waals surface area contributed by atoms with Crippen molar-refractivity contribution in [1.29, 1.82) is 0 Å². The van der Waals surface area contributed by atoms with Gasteiger partial charge >= 0.3 is 0 Å². The van der Waals surface area contributed by atoms with Crippen molar-refractivity contribution in [2.75, 3.05) is 26.2 Å². The minimum Gasteiger partial charge on any atom is -0.335 e. The average molecular weight is 277 g/mol. The molecule has 1 N–H and O–H groups in total. The molecule has 0 spiro atoms. The van der Waals surface area contributed by atoms with E-state index in [1.807, 2.05) is 0 Å². The second kappa shape index (κ2) is 5.32. The zero-order valence-corrected chi connectivity index (χ0v) is 12.5. The highest BCUT2D eigenvalue weighted by atomic mass is 16.2. The molecule has 110 valence electrons. The molecule has 0 aromatic heterocycles. The van der Waals surface area contributed by atoms with Crippen LogP contribution in [0.1, 0.15) is 26.7 Å². The van der Waals surface area contributed by atoms with Crippen LogP contribution in [0.4, 0.5) is 0 Å². The van der Waals surface area contributed by atoms with Gasteiger partial charge in [0.2, 0.25) is 11.8 Å². The van der Waals surface area contributed by atoms with Gasteiger partial charge in [0.05, 0.1) is 31.5 Å². The lowest BCUT2D eigenvalue weighted by Gasteiger charge is -2.19. The Morgan fingerprint density at radius 2 is 1.65 bits per heavy atom. The van der Waals surface area contributed by atoms with Crippen molar-refractivity contribution in [3.8, 4) is 0 Å². The van der Waals surface area contributed by atoms with Crippen molar-refractivity contribution < 1.29 is 14.5 Å². The molecule has 2 aliphatic carbocycles. The first-order valence-electron chi connectivity index (χ1n) is 8.04. The summed E-state index contributed by atoms with van der Waals surface area (Å²) >= 11 is 0. The highest BCUT2D eigenvalue weighted by Crippen LogP contribution is 2.52. The van der Waals surface area contributed by atoms with Crippen LogP contribution in [0.25, 0.3) is 0 Å². The number of rotatable bonds is 6. The van der Waals surface area contributed by atoms with E-state index >= 15 is 0 Å². The number of carbonyl (C=O) groups is 2. The summed E-state index contributed by atoms with van der Waals surface area (Å²) in [7, 11) is 0. The first kappa shape index (κ1) is 13.8. The minimum absolute atomic E-state index is 0.0294. The van der Waals surface area contributed by atoms with Crippen LogP contribution in [0.15, 0.2) is 12.2 Å². The van der Waals surface area contributed by atoms with E-state index in [9.17, 15) is 9.59 Å². The molecular weight excluding hydrogens is 252 g/mol. The Hall–Kier alpha value is -1.16. The van der Waals surface area contributed by atoms with Gasteiger partial charge in [-0.05, 0) is 32.1 Å². The fraction of sp³-hybridized carbons (Fsp3) is 0.750. The van der Waals surface area contributed by atoms with Crippen molar-refractivity contribution in [2.45, 2.75) is 26.7 Å². The summed E-state index contributed by atoms with van der Waals surface area (Å²) in [6, 6.07) is 0. The number of amides is 2. The van der Waals surface area contributed by atoms with Crippen LogP contribution in [-0.4, -0.2) is 42.9 Å². The van der Waals surface area contributed by atoms with E-state index in [4.69, 9.17) is 0 Å². The normalized spacial score (nSPS) is 34.6. The Labute approximate surface area is 120 Å². The molecule has 3 rings (SSSR count). The van der Waals surface area contributed by atoms with Crippen molar-refractivity contribution in [3.63, 3.8) is 0 Å². The maximum Gasteiger partial charge on any atom is 0.233 e. The third-order valence-corrected chi connectivity index (χ3v) is 5.47. The second-order valence-corrected chi connectivity index (χ2v) is 6.39. The number of nitrogens with one attached hydrogen (secondary N) is 1. The van der Waals surface area contributed by atoms with Gasteiger partial charge in [-0.15, -0.1) is 0 Å². The molecule has 4 heteroatoms. The van der Waals surface area contributed by atoms with Gasteiger partial charge in [-0.1, -0.05) is 12.2 Å². The molecule has 3 aliphatic rings. The lowest BCUT2D eigenvalue weighted by atomic mass is 9.85. The molecule has 1 saturated carbocycles. The van der Waals surface area contributed by atoms with Gasteiger partial charge in [0.15, 0.2) is 0 Å². The van der Waals surface area contributed by atoms with Gasteiger partial charge in [-0.25, -0.2) is 0 Å². The summed E-state index contributed by atoms with van der Waals surface area (Å²) in [4.78, 5) is 28.0. The molecule has 4 nitrogen and oxygen atoms in total. The molecular formula is C16H25N2O2+. The molecule has 0 aromatic carbocycles. The molecule has 0 aromatic rings. The molecule has 1 aliphatic heterocycles. The number of allylic oxidation sites excluding steroid dienone is 2. The number of hydrogen-bond donors (Lipinski definition) is 1. The van der Waals surface area contributed by atoms with E-state index < -0.39 is 0 Å². The van der Waals surface area contributed by atoms with Gasteiger partial charge in [0, 0.05) is 13.0 Å². The summed E-state index contributed by atoms with van der Waals surface area (Å²) < 4.78 is 0. The summed E-state index contributed by atoms with van der Waals surface area (Å²) in [5.41, 5.74) is 0. The van der Waals surface area contributed by atoms with Gasteiger partial charge in [0.1, 0.15) is 0 Å². The van der Waals surface area contributed by atoms with Gasteiger partial charge in [-0.3, -0.25) is 14.5 Å². The lowest BCUT2D eigenvalue weighted by Crippen LogP contribution is -3.11. The largest absolute Gasteiger partial charge is 0.335 e. The Kier molecular flexibility index (Phi) is 3.67. The second-order valence-electron chi connectivity index (χ2n) is 6.39. The smallest absolute Gasteiger partial charge is 0.233 e. The topological polar surface area (TPSA) is 41.8 Å². The number of likely N-dealkylation sites (tertiary alicyclic amines) is 1. The quantitative estimate of drug-likeness (QED) is 0.553. The predicted octanol–water partition coefficient (Wildman–Crippen LogP) is 0.108. The van der Waals surface area contributed by atoms with Crippen molar-refractivity contribution in [2.24, 2.45) is 23.7 Å². The van der Waals surface area contributed by atoms with E-state index in [1.54, 1.807) is 4.90 Å². The fourth-order valence-electron chi connectivity index (χ4n) is 4.28. The summed E-state index contributed by atoms with van der Waals surface area (Å²) in [5.74, 6) is 0.814. The van der Waals surface area contributed by atoms with Crippen LogP contribution < -0.4 is 4.90 Å². The van der Waals surface area contributed by atoms with Crippen LogP contribution in [0, 0.1) is 23.7 Å². The Morgan fingerprint density at radius 1 is 1.10 bits per heavy atom. The third-order valence-electron chi connectivity index (χ3n) is 5.47. The third kappa shape index (κ3) is 2.01. The van der Waals surface area contributed by atoms with Crippen LogP contribution in [0.3, 0.4) is 0 Å². The monoisotopic (exact) mass is 277 g/mol. The van der Waals surface area contributed by atoms with E-state index in [0.717, 1.165) is 32.5 Å². The van der Waals surface area contributed by atoms with Gasteiger partial charge in [-0.2, -0.15) is 0 Å². The fourth-order valence-corrected chi connectivity index (χ4v) is 4.28. The van der Waals surface area contributed by atoms with Crippen molar-refractivity contribution >= 4 is 11.8 Å². The average Bonchev–Trinajstić information content (AvgIpc) is 3.12. The van der Waals surface area contributed by atoms with Crippen molar-refractivity contribution in [3.05, 3.63) is 12.2 Å². The number of imide groups is 1. The maximum atomic E-state index is 12.5. The Balaban J connectivity index is 1.59. The highest BCUT2D eigenvalue weighted by Gasteiger charge is 2.58. The minimum atomic E-state index is -0.0294. The molecule has 2 bridgehead atoms. The summed E-state index contributed by atoms with van der Waals surface area (Å²) in [6.07, 6.45) is 6.25. The van der Waals surface area contributed by atoms with Crippen molar-refractivity contribution in [1.82, 2.24) is 4.90 Å². The number of hydrogen-bond acceptors (Lipinski definition) is 2. The number of fused-ring (bicyclic) bond motifs is 5. The molecule has 2 amide bonds. The zero-order valence-electron chi connectivity index (χ0n) is 12.5. The molecule has 1 saturated heterocycles. The first-order chi connectivity index (χ1) is 9.67. The number of quaternary nitrogens is 1. The lowest BCUT2D eigenvalue weighted by molar-refractivity contribution is -0.896. The molecule has 4 atom stereocenters. The van der Waals surface area contributed by atoms with Crippen LogP contribution >= 0.6 is 0 Å². The Morgan fingerprint density at radius 3 is 2.15 bits per heavy atom. The van der Waals surface area contributed by atoms with E-state index in [1.165, 1.54) is 4.90 Å². The molecule has 2 fully saturated rings. The maximum absolute atomic E-state index is 12.5. The standard InChI is InChI=1S/C16H24N2O2/c1-3-17(4-2)8-5-9-18-15(19)13-11-6-7-12(10-11)14(13)16(18)20/h6-7,11-14H,3-5,8-10H2,1-2H3/p+1/t11-,12+,13-,14+. The van der Waals surface area contributed by atoms with E-state index in [-0.39, 0.29) is 23.7 Å². The Bertz CT molecular complexity index is 412. The van der Waals surface area contributed by atoms with Gasteiger partial charge < -0.3 is 4.90 Å². The summed E-state index contributed by atoms with van der Waals surface area (Å²) in [5, 5.41) is 0. The highest BCUT2D eigenvalue weighted by molar-refractivity contribution is 6.06. The summed E-state index contributed by atoms with van der Waals surface area (Å²) in [6.45, 7) is 8.24. The van der Waals surface area contributed by atoms with E-state index in [0.29, 0.717) is 18.4 Å². The first-order valence-corrected chi connectivity index (χ1v) is 8.04. The van der Waals surface area contributed by atoms with Gasteiger partial charge in [0.25, 0.3) is 0 Å². The SMILES string of the molecule is CC[NH+](CC)CCCN1C(=O)[C@@H]2[C@H](C1=O)[C@@H]1C=C[C@H]2C1. The van der Waals surface area contributed by atoms with E-state index in [2.05, 4.69) is 26.0 Å². The molecule has 0 unspecified atom stereocenters. The number of nitrogens with zero attached hydrogens (tertiary/aromatic N) is 1. The van der Waals surface area contributed by atoms with Crippen LogP contribution in [-0.2, 0) is 9.59 Å². The zero-order chi connectivity index (χ0) is 14.3. The van der Waals surface area contributed by atoms with Crippen LogP contribution in [0.5, 0.6) is 0 Å². The molecule has 20 heavy (non-hydrogen) atoms. The predicted molar refractivity (Wildman–Crippen MR) is 76.0 cm³/mol. The number of carbonyl (C=O) groups excluding carboxylic acids is 2. The van der Waals surface area contributed by atoms with Crippen LogP contribution in [0.2, 0.25) is 0 Å².